The van der Waals surface area contributed by atoms with E-state index < -0.39 is 0 Å². The van der Waals surface area contributed by atoms with E-state index in [4.69, 9.17) is 0 Å². The molecule has 0 atom stereocenters. The highest BCUT2D eigenvalue weighted by Gasteiger charge is 2.04. The van der Waals surface area contributed by atoms with E-state index in [9.17, 15) is 0 Å². The molecule has 4 heteroatoms. The molecule has 1 rings (SSSR count). The van der Waals surface area contributed by atoms with Gasteiger partial charge in [0.2, 0.25) is 0 Å². The minimum absolute atomic E-state index is 0.789. The Bertz CT molecular complexity index is 155. The van der Waals surface area contributed by atoms with Crippen molar-refractivity contribution in [2.45, 2.75) is 0 Å². The van der Waals surface area contributed by atoms with Gasteiger partial charge in [-0.05, 0) is 12.5 Å². The van der Waals surface area contributed by atoms with Gasteiger partial charge in [0.25, 0.3) is 0 Å². The van der Waals surface area contributed by atoms with Crippen LogP contribution in [-0.4, -0.2) is 35.7 Å². The third-order valence-corrected chi connectivity index (χ3v) is 2.71. The van der Waals surface area contributed by atoms with Crippen LogP contribution >= 0.6 is 23.5 Å². The predicted molar refractivity (Wildman–Crippen MR) is 51.6 cm³/mol. The molecule has 0 fully saturated rings. The maximum Gasteiger partial charge on any atom is 0.0893 e. The first-order chi connectivity index (χ1) is 4.86. The van der Waals surface area contributed by atoms with Gasteiger partial charge in [-0.25, -0.2) is 0 Å². The molecule has 1 aliphatic rings. The van der Waals surface area contributed by atoms with Gasteiger partial charge in [0.1, 0.15) is 0 Å². The van der Waals surface area contributed by atoms with E-state index in [1.165, 1.54) is 0 Å². The Labute approximate surface area is 69.6 Å². The topological polar surface area (TPSA) is 24.7 Å². The van der Waals surface area contributed by atoms with Crippen molar-refractivity contribution in [1.82, 2.24) is 0 Å². The van der Waals surface area contributed by atoms with Crippen molar-refractivity contribution >= 4 is 33.6 Å². The minimum Gasteiger partial charge on any atom is -0.274 e. The molecule has 1 heterocycles. The third-order valence-electron chi connectivity index (χ3n) is 1.25. The van der Waals surface area contributed by atoms with Crippen molar-refractivity contribution in [1.29, 1.82) is 0 Å². The van der Waals surface area contributed by atoms with Crippen molar-refractivity contribution < 1.29 is 0 Å². The van der Waals surface area contributed by atoms with E-state index in [2.05, 4.69) is 9.98 Å². The fourth-order valence-corrected chi connectivity index (χ4v) is 1.44. The van der Waals surface area contributed by atoms with Crippen LogP contribution in [0.3, 0.4) is 0 Å². The molecule has 0 radical (unpaired) electrons. The standard InChI is InChI=1S/C6H10N2S2/c1-9-5-3-8-6(10-2)4-7-5/h3-4H2,1-2H3. The van der Waals surface area contributed by atoms with Crippen molar-refractivity contribution in [2.75, 3.05) is 25.6 Å². The molecule has 10 heavy (non-hydrogen) atoms. The number of aliphatic imine (C=N–C) groups is 2. The quantitative estimate of drug-likeness (QED) is 0.556. The van der Waals surface area contributed by atoms with Crippen molar-refractivity contribution in [3.05, 3.63) is 0 Å². The smallest absolute Gasteiger partial charge is 0.0893 e. The van der Waals surface area contributed by atoms with Gasteiger partial charge < -0.3 is 0 Å². The monoisotopic (exact) mass is 174 g/mol. The summed E-state index contributed by atoms with van der Waals surface area (Å²) in [5.41, 5.74) is 0. The first kappa shape index (κ1) is 8.14. The van der Waals surface area contributed by atoms with E-state index >= 15 is 0 Å². The normalized spacial score (nSPS) is 18.2. The second kappa shape index (κ2) is 4.03. The van der Waals surface area contributed by atoms with Crippen LogP contribution < -0.4 is 0 Å². The lowest BCUT2D eigenvalue weighted by atomic mass is 10.6. The predicted octanol–water partition coefficient (Wildman–Crippen LogP) is 1.52. The number of hydrogen-bond donors (Lipinski definition) is 0. The van der Waals surface area contributed by atoms with Gasteiger partial charge in [0.05, 0.1) is 23.2 Å². The van der Waals surface area contributed by atoms with Gasteiger partial charge in [-0.1, -0.05) is 0 Å². The summed E-state index contributed by atoms with van der Waals surface area (Å²) in [7, 11) is 0. The lowest BCUT2D eigenvalue weighted by Gasteiger charge is -2.07. The molecule has 1 aliphatic heterocycles. The van der Waals surface area contributed by atoms with Crippen molar-refractivity contribution in [3.63, 3.8) is 0 Å². The van der Waals surface area contributed by atoms with Crippen molar-refractivity contribution in [3.8, 4) is 0 Å². The second-order valence-electron chi connectivity index (χ2n) is 1.83. The van der Waals surface area contributed by atoms with Crippen LogP contribution in [0.5, 0.6) is 0 Å². The number of hydrogen-bond acceptors (Lipinski definition) is 4. The molecule has 56 valence electrons. The Morgan fingerprint density at radius 3 is 1.60 bits per heavy atom. The fraction of sp³-hybridized carbons (Fsp3) is 0.667. The SMILES string of the molecule is CSC1=NCC(SC)=NC1. The highest BCUT2D eigenvalue weighted by atomic mass is 32.2. The van der Waals surface area contributed by atoms with Crippen LogP contribution in [0.4, 0.5) is 0 Å². The number of nitrogens with zero attached hydrogens (tertiary/aromatic N) is 2. The first-order valence-electron chi connectivity index (χ1n) is 3.01. The molecule has 0 N–H and O–H groups in total. The molecule has 0 amide bonds. The van der Waals surface area contributed by atoms with Crippen LogP contribution in [0, 0.1) is 0 Å². The third kappa shape index (κ3) is 2.02. The molecule has 0 aromatic rings. The molecule has 0 aromatic heterocycles. The lowest BCUT2D eigenvalue weighted by molar-refractivity contribution is 1.19. The molecular weight excluding hydrogens is 164 g/mol. The van der Waals surface area contributed by atoms with Gasteiger partial charge >= 0.3 is 0 Å². The van der Waals surface area contributed by atoms with Gasteiger partial charge in [-0.15, -0.1) is 23.5 Å². The van der Waals surface area contributed by atoms with E-state index in [1.54, 1.807) is 23.5 Å². The average molecular weight is 174 g/mol. The minimum atomic E-state index is 0.789. The van der Waals surface area contributed by atoms with Crippen LogP contribution in [0.25, 0.3) is 0 Å². The molecule has 0 spiro atoms. The highest BCUT2D eigenvalue weighted by Crippen LogP contribution is 2.08. The summed E-state index contributed by atoms with van der Waals surface area (Å²) in [6.45, 7) is 1.58. The maximum absolute atomic E-state index is 4.33. The highest BCUT2D eigenvalue weighted by molar-refractivity contribution is 8.14. The zero-order valence-corrected chi connectivity index (χ0v) is 7.76. The molecule has 2 nitrogen and oxygen atoms in total. The molecule has 0 aliphatic carbocycles. The zero-order chi connectivity index (χ0) is 7.40. The number of rotatable bonds is 0. The Kier molecular flexibility index (Phi) is 3.28. The van der Waals surface area contributed by atoms with Gasteiger partial charge in [0, 0.05) is 0 Å². The summed E-state index contributed by atoms with van der Waals surface area (Å²) >= 11 is 3.38. The molecular formula is C6H10N2S2. The average Bonchev–Trinajstić information content (AvgIpc) is 2.05. The largest absolute Gasteiger partial charge is 0.274 e. The molecule has 0 unspecified atom stereocenters. The molecule has 0 saturated carbocycles. The fourth-order valence-electron chi connectivity index (χ4n) is 0.670. The maximum atomic E-state index is 4.33. The van der Waals surface area contributed by atoms with Crippen LogP contribution in [-0.2, 0) is 0 Å². The molecule has 0 aromatic carbocycles. The number of thioether (sulfide) groups is 2. The Hall–Kier alpha value is 0.0400. The summed E-state index contributed by atoms with van der Waals surface area (Å²) in [4.78, 5) is 8.66. The summed E-state index contributed by atoms with van der Waals surface area (Å²) in [6, 6.07) is 0. The lowest BCUT2D eigenvalue weighted by Crippen LogP contribution is -2.11. The molecule has 0 bridgehead atoms. The van der Waals surface area contributed by atoms with Gasteiger partial charge in [-0.3, -0.25) is 9.98 Å². The summed E-state index contributed by atoms with van der Waals surface area (Å²) in [5.74, 6) is 0. The first-order valence-corrected chi connectivity index (χ1v) is 5.46. The Morgan fingerprint density at radius 1 is 1.00 bits per heavy atom. The Balaban J connectivity index is 2.45. The van der Waals surface area contributed by atoms with E-state index in [1.807, 2.05) is 12.5 Å². The second-order valence-corrected chi connectivity index (χ2v) is 3.59. The zero-order valence-electron chi connectivity index (χ0n) is 6.13. The van der Waals surface area contributed by atoms with E-state index in [0.717, 1.165) is 23.2 Å². The van der Waals surface area contributed by atoms with Crippen molar-refractivity contribution in [2.24, 2.45) is 9.98 Å². The van der Waals surface area contributed by atoms with E-state index in [0.29, 0.717) is 0 Å². The Morgan fingerprint density at radius 2 is 1.40 bits per heavy atom. The van der Waals surface area contributed by atoms with Crippen LogP contribution in [0.2, 0.25) is 0 Å². The van der Waals surface area contributed by atoms with Gasteiger partial charge in [0.15, 0.2) is 0 Å². The summed E-state index contributed by atoms with van der Waals surface area (Å²) < 4.78 is 0. The van der Waals surface area contributed by atoms with E-state index in [-0.39, 0.29) is 0 Å². The van der Waals surface area contributed by atoms with Gasteiger partial charge in [-0.2, -0.15) is 0 Å². The van der Waals surface area contributed by atoms with Crippen LogP contribution in [0.1, 0.15) is 0 Å². The van der Waals surface area contributed by atoms with Crippen LogP contribution in [0.15, 0.2) is 9.98 Å². The summed E-state index contributed by atoms with van der Waals surface area (Å²) in [5, 5.41) is 2.30. The summed E-state index contributed by atoms with van der Waals surface area (Å²) in [6.07, 6.45) is 4.08. The molecule has 0 saturated heterocycles.